The Kier molecular flexibility index (Phi) is 4.07. The van der Waals surface area contributed by atoms with Gasteiger partial charge in [-0.25, -0.2) is 4.98 Å². The molecule has 0 radical (unpaired) electrons. The molecular weight excluding hydrogens is 363 g/mol. The minimum Gasteiger partial charge on any atom is -0.278 e. The molecule has 4 nitrogen and oxygen atoms in total. The number of thiophene rings is 1. The van der Waals surface area contributed by atoms with Crippen LogP contribution in [0, 0.1) is 11.3 Å². The second kappa shape index (κ2) is 5.92. The highest BCUT2D eigenvalue weighted by atomic mass is 35.5. The number of alkyl halides is 3. The van der Waals surface area contributed by atoms with Crippen LogP contribution in [0.1, 0.15) is 16.7 Å². The standard InChI is InChI=1S/C15H7ClF3N3OS/c16-14-21-12-11(10(7-24-12)15(17,18)19)13(23)22(14)6-9-4-2-1-3-8(9)5-20/h1-4,7H,6H2. The summed E-state index contributed by atoms with van der Waals surface area (Å²) in [5, 5.41) is 9.21. The number of aromatic nitrogens is 2. The van der Waals surface area contributed by atoms with Gasteiger partial charge in [-0.3, -0.25) is 9.36 Å². The molecule has 1 aromatic carbocycles. The fraction of sp³-hybridized carbons (Fsp3) is 0.133. The van der Waals surface area contributed by atoms with Crippen LogP contribution in [0.4, 0.5) is 13.2 Å². The van der Waals surface area contributed by atoms with Gasteiger partial charge in [0.15, 0.2) is 0 Å². The van der Waals surface area contributed by atoms with Crippen LogP contribution < -0.4 is 5.56 Å². The third kappa shape index (κ3) is 2.77. The van der Waals surface area contributed by atoms with Crippen LogP contribution in [0.15, 0.2) is 34.4 Å². The van der Waals surface area contributed by atoms with Crippen molar-refractivity contribution in [3.8, 4) is 6.07 Å². The topological polar surface area (TPSA) is 58.7 Å². The highest BCUT2D eigenvalue weighted by molar-refractivity contribution is 7.16. The van der Waals surface area contributed by atoms with E-state index < -0.39 is 22.7 Å². The first-order valence-corrected chi connectivity index (χ1v) is 7.81. The normalized spacial score (nSPS) is 11.6. The summed E-state index contributed by atoms with van der Waals surface area (Å²) < 4.78 is 40.1. The van der Waals surface area contributed by atoms with Gasteiger partial charge in [0.25, 0.3) is 5.56 Å². The zero-order valence-corrected chi connectivity index (χ0v) is 13.3. The Morgan fingerprint density at radius 2 is 2.04 bits per heavy atom. The lowest BCUT2D eigenvalue weighted by molar-refractivity contribution is -0.136. The summed E-state index contributed by atoms with van der Waals surface area (Å²) in [4.78, 5) is 16.4. The van der Waals surface area contributed by atoms with Gasteiger partial charge in [-0.2, -0.15) is 18.4 Å². The van der Waals surface area contributed by atoms with E-state index in [2.05, 4.69) is 4.98 Å². The second-order valence-electron chi connectivity index (χ2n) is 4.87. The van der Waals surface area contributed by atoms with Gasteiger partial charge in [0.1, 0.15) is 4.83 Å². The monoisotopic (exact) mass is 369 g/mol. The van der Waals surface area contributed by atoms with E-state index in [4.69, 9.17) is 16.9 Å². The molecule has 24 heavy (non-hydrogen) atoms. The number of halogens is 4. The number of nitriles is 1. The highest BCUT2D eigenvalue weighted by Gasteiger charge is 2.35. The highest BCUT2D eigenvalue weighted by Crippen LogP contribution is 2.36. The first-order valence-electron chi connectivity index (χ1n) is 6.55. The van der Waals surface area contributed by atoms with E-state index in [1.165, 1.54) is 0 Å². The number of nitrogens with zero attached hydrogens (tertiary/aromatic N) is 3. The van der Waals surface area contributed by atoms with Crippen molar-refractivity contribution in [1.29, 1.82) is 5.26 Å². The lowest BCUT2D eigenvalue weighted by Gasteiger charge is -2.10. The third-order valence-electron chi connectivity index (χ3n) is 3.42. The summed E-state index contributed by atoms with van der Waals surface area (Å²) in [6.45, 7) is -0.141. The lowest BCUT2D eigenvalue weighted by atomic mass is 10.1. The second-order valence-corrected chi connectivity index (χ2v) is 6.06. The average Bonchev–Trinajstić information content (AvgIpc) is 2.95. The van der Waals surface area contributed by atoms with Crippen molar-refractivity contribution >= 4 is 33.2 Å². The average molecular weight is 370 g/mol. The molecule has 0 saturated carbocycles. The molecule has 0 aliphatic carbocycles. The predicted molar refractivity (Wildman–Crippen MR) is 84.2 cm³/mol. The summed E-state index contributed by atoms with van der Waals surface area (Å²) in [6.07, 6.45) is -4.66. The van der Waals surface area contributed by atoms with Crippen LogP contribution in [0.5, 0.6) is 0 Å². The fourth-order valence-electron chi connectivity index (χ4n) is 2.28. The Labute approximate surface area is 142 Å². The summed E-state index contributed by atoms with van der Waals surface area (Å²) in [5.74, 6) is 0. The Bertz CT molecular complexity index is 1030. The van der Waals surface area contributed by atoms with Gasteiger partial charge in [0, 0.05) is 5.38 Å². The van der Waals surface area contributed by atoms with Gasteiger partial charge in [-0.1, -0.05) is 18.2 Å². The van der Waals surface area contributed by atoms with Crippen LogP contribution in [-0.2, 0) is 12.7 Å². The molecule has 3 aromatic rings. The van der Waals surface area contributed by atoms with E-state index >= 15 is 0 Å². The van der Waals surface area contributed by atoms with Gasteiger partial charge in [-0.05, 0) is 23.2 Å². The van der Waals surface area contributed by atoms with E-state index in [1.807, 2.05) is 6.07 Å². The van der Waals surface area contributed by atoms with Gasteiger partial charge < -0.3 is 0 Å². The molecule has 0 bridgehead atoms. The summed E-state index contributed by atoms with van der Waals surface area (Å²) in [6, 6.07) is 8.42. The number of rotatable bonds is 2. The van der Waals surface area contributed by atoms with Crippen molar-refractivity contribution in [3.05, 3.63) is 62.0 Å². The van der Waals surface area contributed by atoms with Crippen molar-refractivity contribution in [2.24, 2.45) is 0 Å². The molecule has 2 heterocycles. The molecule has 9 heteroatoms. The molecule has 0 amide bonds. The SMILES string of the molecule is N#Cc1ccccc1Cn1c(Cl)nc2scc(C(F)(F)F)c2c1=O. The first kappa shape index (κ1) is 16.5. The predicted octanol–water partition coefficient (Wildman–Crippen LogP) is 4.05. The molecule has 0 aliphatic rings. The molecule has 3 rings (SSSR count). The van der Waals surface area contributed by atoms with Crippen LogP contribution in [-0.4, -0.2) is 9.55 Å². The quantitative estimate of drug-likeness (QED) is 0.640. The maximum atomic E-state index is 13.1. The molecular formula is C15H7ClF3N3OS. The van der Waals surface area contributed by atoms with E-state index in [9.17, 15) is 18.0 Å². The Hall–Kier alpha value is -2.37. The maximum absolute atomic E-state index is 13.1. The van der Waals surface area contributed by atoms with Crippen LogP contribution >= 0.6 is 22.9 Å². The lowest BCUT2D eigenvalue weighted by Crippen LogP contribution is -2.24. The van der Waals surface area contributed by atoms with Gasteiger partial charge >= 0.3 is 6.18 Å². The molecule has 0 N–H and O–H groups in total. The first-order chi connectivity index (χ1) is 11.3. The number of hydrogen-bond acceptors (Lipinski definition) is 4. The van der Waals surface area contributed by atoms with E-state index in [-0.39, 0.29) is 16.7 Å². The van der Waals surface area contributed by atoms with Crippen molar-refractivity contribution in [2.75, 3.05) is 0 Å². The fourth-order valence-corrected chi connectivity index (χ4v) is 3.49. The molecule has 0 saturated heterocycles. The van der Waals surface area contributed by atoms with E-state index in [0.29, 0.717) is 22.5 Å². The molecule has 0 spiro atoms. The van der Waals surface area contributed by atoms with E-state index in [0.717, 1.165) is 9.95 Å². The number of fused-ring (bicyclic) bond motifs is 1. The number of benzene rings is 1. The Morgan fingerprint density at radius 1 is 1.33 bits per heavy atom. The third-order valence-corrected chi connectivity index (χ3v) is 4.58. The summed E-state index contributed by atoms with van der Waals surface area (Å²) in [7, 11) is 0. The molecule has 0 atom stereocenters. The van der Waals surface area contributed by atoms with Crippen LogP contribution in [0.3, 0.4) is 0 Å². The largest absolute Gasteiger partial charge is 0.418 e. The van der Waals surface area contributed by atoms with Gasteiger partial charge in [0.2, 0.25) is 5.28 Å². The summed E-state index contributed by atoms with van der Waals surface area (Å²) >= 11 is 6.68. The zero-order chi connectivity index (χ0) is 17.5. The van der Waals surface area contributed by atoms with Crippen molar-refractivity contribution in [2.45, 2.75) is 12.7 Å². The Morgan fingerprint density at radius 3 is 2.71 bits per heavy atom. The minimum absolute atomic E-state index is 0.0675. The van der Waals surface area contributed by atoms with Gasteiger partial charge in [0.05, 0.1) is 29.1 Å². The molecule has 0 unspecified atom stereocenters. The zero-order valence-electron chi connectivity index (χ0n) is 11.8. The number of hydrogen-bond donors (Lipinski definition) is 0. The smallest absolute Gasteiger partial charge is 0.278 e. The van der Waals surface area contributed by atoms with Gasteiger partial charge in [-0.15, -0.1) is 11.3 Å². The van der Waals surface area contributed by atoms with Crippen molar-refractivity contribution in [1.82, 2.24) is 9.55 Å². The molecule has 2 aromatic heterocycles. The maximum Gasteiger partial charge on any atom is 0.418 e. The molecule has 122 valence electrons. The molecule has 0 fully saturated rings. The Balaban J connectivity index is 2.22. The van der Waals surface area contributed by atoms with Crippen LogP contribution in [0.25, 0.3) is 10.2 Å². The van der Waals surface area contributed by atoms with E-state index in [1.54, 1.807) is 24.3 Å². The summed E-state index contributed by atoms with van der Waals surface area (Å²) in [5.41, 5.74) is -1.14. The van der Waals surface area contributed by atoms with Crippen LogP contribution in [0.2, 0.25) is 5.28 Å². The molecule has 0 aliphatic heterocycles. The minimum atomic E-state index is -4.66. The van der Waals surface area contributed by atoms with Crippen molar-refractivity contribution < 1.29 is 13.2 Å². The van der Waals surface area contributed by atoms with Crippen molar-refractivity contribution in [3.63, 3.8) is 0 Å².